The Morgan fingerprint density at radius 1 is 1.04 bits per heavy atom. The summed E-state index contributed by atoms with van der Waals surface area (Å²) in [5, 5.41) is 6.74. The van der Waals surface area contributed by atoms with Crippen molar-refractivity contribution in [1.82, 2.24) is 20.4 Å². The second-order valence-electron chi connectivity index (χ2n) is 7.02. The molecular weight excluding hydrogens is 356 g/mol. The van der Waals surface area contributed by atoms with Crippen molar-refractivity contribution in [2.24, 2.45) is 0 Å². The van der Waals surface area contributed by atoms with Crippen molar-refractivity contribution in [3.05, 3.63) is 72.1 Å². The maximum absolute atomic E-state index is 12.9. The Hall–Kier alpha value is -3.48. The number of nitrogens with zero attached hydrogens (tertiary/aromatic N) is 3. The zero-order chi connectivity index (χ0) is 19.6. The molecule has 2 heterocycles. The van der Waals surface area contributed by atoms with E-state index in [2.05, 4.69) is 15.5 Å². The van der Waals surface area contributed by atoms with E-state index in [0.717, 1.165) is 16.0 Å². The van der Waals surface area contributed by atoms with Crippen molar-refractivity contribution >= 4 is 11.9 Å². The van der Waals surface area contributed by atoms with Crippen LogP contribution in [0.3, 0.4) is 0 Å². The van der Waals surface area contributed by atoms with Gasteiger partial charge in [0.15, 0.2) is 0 Å². The molecule has 7 heteroatoms. The fourth-order valence-electron chi connectivity index (χ4n) is 3.26. The Kier molecular flexibility index (Phi) is 4.65. The normalized spacial score (nSPS) is 19.1. The van der Waals surface area contributed by atoms with Gasteiger partial charge in [-0.25, -0.2) is 4.79 Å². The van der Waals surface area contributed by atoms with Gasteiger partial charge < -0.3 is 9.84 Å². The quantitative estimate of drug-likeness (QED) is 0.668. The molecule has 0 spiro atoms. The van der Waals surface area contributed by atoms with Crippen LogP contribution in [-0.2, 0) is 17.8 Å². The van der Waals surface area contributed by atoms with E-state index in [-0.39, 0.29) is 18.3 Å². The van der Waals surface area contributed by atoms with Gasteiger partial charge in [-0.3, -0.25) is 9.69 Å². The number of hydrogen-bond acceptors (Lipinski definition) is 5. The number of urea groups is 1. The van der Waals surface area contributed by atoms with Gasteiger partial charge >= 0.3 is 6.03 Å². The maximum atomic E-state index is 12.9. The monoisotopic (exact) mass is 376 g/mol. The molecule has 3 amide bonds. The molecule has 142 valence electrons. The van der Waals surface area contributed by atoms with E-state index in [4.69, 9.17) is 4.52 Å². The highest BCUT2D eigenvalue weighted by Gasteiger charge is 2.47. The van der Waals surface area contributed by atoms with Crippen LogP contribution in [-0.4, -0.2) is 32.5 Å². The van der Waals surface area contributed by atoms with Crippen LogP contribution < -0.4 is 5.32 Å². The molecule has 2 aromatic carbocycles. The lowest BCUT2D eigenvalue weighted by Crippen LogP contribution is -2.44. The summed E-state index contributed by atoms with van der Waals surface area (Å²) in [7, 11) is 0. The number of rotatable bonds is 6. The van der Waals surface area contributed by atoms with Crippen LogP contribution >= 0.6 is 0 Å². The summed E-state index contributed by atoms with van der Waals surface area (Å²) >= 11 is 0. The molecule has 0 saturated carbocycles. The number of aryl methyl sites for hydroxylation is 1. The fraction of sp³-hybridized carbons (Fsp3) is 0.238. The van der Waals surface area contributed by atoms with Crippen molar-refractivity contribution < 1.29 is 14.1 Å². The molecule has 4 rings (SSSR count). The molecule has 28 heavy (non-hydrogen) atoms. The van der Waals surface area contributed by atoms with Gasteiger partial charge in [0.1, 0.15) is 12.1 Å². The number of benzene rings is 2. The minimum atomic E-state index is -0.949. The van der Waals surface area contributed by atoms with Crippen LogP contribution in [0.15, 0.2) is 65.2 Å². The summed E-state index contributed by atoms with van der Waals surface area (Å²) in [6, 6.07) is 18.8. The van der Waals surface area contributed by atoms with Crippen molar-refractivity contribution in [2.75, 3.05) is 0 Å². The Balaban J connectivity index is 1.45. The van der Waals surface area contributed by atoms with E-state index in [0.29, 0.717) is 18.7 Å². The number of amides is 3. The number of hydrogen-bond donors (Lipinski definition) is 1. The van der Waals surface area contributed by atoms with Crippen LogP contribution in [0, 0.1) is 0 Å². The number of nitrogens with one attached hydrogen (secondary N) is 1. The van der Waals surface area contributed by atoms with E-state index in [9.17, 15) is 9.59 Å². The molecular formula is C21H20N4O3. The summed E-state index contributed by atoms with van der Waals surface area (Å²) in [4.78, 5) is 30.7. The molecule has 3 aromatic rings. The van der Waals surface area contributed by atoms with E-state index in [1.807, 2.05) is 60.7 Å². The molecule has 1 saturated heterocycles. The van der Waals surface area contributed by atoms with Crippen molar-refractivity contribution in [3.8, 4) is 11.4 Å². The minimum absolute atomic E-state index is 0.0502. The fourth-order valence-corrected chi connectivity index (χ4v) is 3.26. The Labute approximate surface area is 162 Å². The number of carbonyl (C=O) groups excluding carboxylic acids is 2. The van der Waals surface area contributed by atoms with Gasteiger partial charge in [0.2, 0.25) is 11.7 Å². The number of imide groups is 1. The summed E-state index contributed by atoms with van der Waals surface area (Å²) in [6.07, 6.45) is 1.20. The van der Waals surface area contributed by atoms with Crippen molar-refractivity contribution in [3.63, 3.8) is 0 Å². The molecule has 1 atom stereocenters. The van der Waals surface area contributed by atoms with Gasteiger partial charge in [0.05, 0.1) is 0 Å². The van der Waals surface area contributed by atoms with Crippen LogP contribution in [0.1, 0.15) is 24.8 Å². The zero-order valence-corrected chi connectivity index (χ0v) is 15.5. The average molecular weight is 376 g/mol. The van der Waals surface area contributed by atoms with Crippen molar-refractivity contribution in [1.29, 1.82) is 0 Å². The van der Waals surface area contributed by atoms with Gasteiger partial charge in [0, 0.05) is 5.56 Å². The first-order valence-corrected chi connectivity index (χ1v) is 9.11. The first-order chi connectivity index (χ1) is 13.5. The molecule has 7 nitrogen and oxygen atoms in total. The lowest BCUT2D eigenvalue weighted by molar-refractivity contribution is -0.131. The largest absolute Gasteiger partial charge is 0.337 e. The Bertz CT molecular complexity index is 987. The third kappa shape index (κ3) is 3.51. The van der Waals surface area contributed by atoms with E-state index >= 15 is 0 Å². The number of aromatic nitrogens is 2. The predicted octanol–water partition coefficient (Wildman–Crippen LogP) is 3.18. The number of carbonyl (C=O) groups is 2. The van der Waals surface area contributed by atoms with Gasteiger partial charge in [-0.1, -0.05) is 65.8 Å². The van der Waals surface area contributed by atoms with E-state index in [1.165, 1.54) is 0 Å². The highest BCUT2D eigenvalue weighted by Crippen LogP contribution is 2.25. The molecule has 1 N–H and O–H groups in total. The topological polar surface area (TPSA) is 88.3 Å². The smallest absolute Gasteiger partial charge is 0.325 e. The predicted molar refractivity (Wildman–Crippen MR) is 102 cm³/mol. The minimum Gasteiger partial charge on any atom is -0.337 e. The van der Waals surface area contributed by atoms with Crippen LogP contribution in [0.25, 0.3) is 11.4 Å². The first-order valence-electron chi connectivity index (χ1n) is 9.11. The molecule has 0 radical (unpaired) electrons. The average Bonchev–Trinajstić information content (AvgIpc) is 3.27. The van der Waals surface area contributed by atoms with Crippen LogP contribution in [0.5, 0.6) is 0 Å². The third-order valence-corrected chi connectivity index (χ3v) is 4.90. The Morgan fingerprint density at radius 3 is 2.43 bits per heavy atom. The summed E-state index contributed by atoms with van der Waals surface area (Å²) in [6.45, 7) is 1.70. The summed E-state index contributed by atoms with van der Waals surface area (Å²) in [5.41, 5.74) is 0.978. The SMILES string of the molecule is C[C@]1(CCc2ccccc2)NC(=O)N(Cc2nc(-c3ccccc3)no2)C1=O. The lowest BCUT2D eigenvalue weighted by Gasteiger charge is -2.21. The zero-order valence-electron chi connectivity index (χ0n) is 15.5. The molecule has 1 fully saturated rings. The third-order valence-electron chi connectivity index (χ3n) is 4.90. The van der Waals surface area contributed by atoms with Gasteiger partial charge in [-0.15, -0.1) is 0 Å². The van der Waals surface area contributed by atoms with Crippen LogP contribution in [0.2, 0.25) is 0 Å². The molecule has 0 aliphatic carbocycles. The first kappa shape index (κ1) is 17.9. The van der Waals surface area contributed by atoms with Gasteiger partial charge in [-0.2, -0.15) is 4.98 Å². The molecule has 1 aliphatic rings. The highest BCUT2D eigenvalue weighted by atomic mass is 16.5. The molecule has 0 bridgehead atoms. The summed E-state index contributed by atoms with van der Waals surface area (Å²) in [5.74, 6) is 0.358. The van der Waals surface area contributed by atoms with Crippen LogP contribution in [0.4, 0.5) is 4.79 Å². The summed E-state index contributed by atoms with van der Waals surface area (Å²) < 4.78 is 5.24. The molecule has 0 unspecified atom stereocenters. The molecule has 1 aliphatic heterocycles. The van der Waals surface area contributed by atoms with Crippen molar-refractivity contribution in [2.45, 2.75) is 31.8 Å². The molecule has 1 aromatic heterocycles. The van der Waals surface area contributed by atoms with Gasteiger partial charge in [0.25, 0.3) is 5.91 Å². The highest BCUT2D eigenvalue weighted by molar-refractivity contribution is 6.06. The van der Waals surface area contributed by atoms with Gasteiger partial charge in [-0.05, 0) is 25.3 Å². The van der Waals surface area contributed by atoms with E-state index < -0.39 is 11.6 Å². The second kappa shape index (κ2) is 7.26. The lowest BCUT2D eigenvalue weighted by atomic mass is 9.93. The van der Waals surface area contributed by atoms with E-state index in [1.54, 1.807) is 6.92 Å². The maximum Gasteiger partial charge on any atom is 0.325 e. The standard InChI is InChI=1S/C21H20N4O3/c1-21(13-12-15-8-4-2-5-9-15)19(26)25(20(27)23-21)14-17-22-18(24-28-17)16-10-6-3-7-11-16/h2-11H,12-14H2,1H3,(H,23,27)/t21-/m1/s1. The Morgan fingerprint density at radius 2 is 1.71 bits per heavy atom. The second-order valence-corrected chi connectivity index (χ2v) is 7.02.